The maximum absolute atomic E-state index is 8.89. The number of hydrogen-bond acceptors (Lipinski definition) is 5. The largest absolute Gasteiger partial charge is 0.312 e. The summed E-state index contributed by atoms with van der Waals surface area (Å²) in [5.41, 5.74) is 1.02. The summed E-state index contributed by atoms with van der Waals surface area (Å²) in [6.07, 6.45) is 6.75. The summed E-state index contributed by atoms with van der Waals surface area (Å²) in [6, 6.07) is 1.99. The lowest BCUT2D eigenvalue weighted by Crippen LogP contribution is -2.19. The van der Waals surface area contributed by atoms with Crippen LogP contribution in [0.4, 0.5) is 0 Å². The van der Waals surface area contributed by atoms with Crippen molar-refractivity contribution < 1.29 is 0 Å². The van der Waals surface area contributed by atoms with Gasteiger partial charge in [-0.1, -0.05) is 13.8 Å². The van der Waals surface area contributed by atoms with Crippen LogP contribution >= 0.6 is 0 Å². The van der Waals surface area contributed by atoms with Crippen molar-refractivity contribution in [1.29, 1.82) is 5.26 Å². The van der Waals surface area contributed by atoms with Gasteiger partial charge in [-0.25, -0.2) is 15.0 Å². The number of hydrogen-bond donors (Lipinski definition) is 1. The summed E-state index contributed by atoms with van der Waals surface area (Å²) in [4.78, 5) is 12.4. The molecule has 98 valence electrons. The van der Waals surface area contributed by atoms with E-state index in [9.17, 15) is 0 Å². The van der Waals surface area contributed by atoms with Crippen LogP contribution in [0.3, 0.4) is 0 Å². The molecule has 0 bridgehead atoms. The molecule has 0 aromatic carbocycles. The van der Waals surface area contributed by atoms with Crippen molar-refractivity contribution >= 4 is 0 Å². The second-order valence-electron chi connectivity index (χ2n) is 4.65. The van der Waals surface area contributed by atoms with Crippen LogP contribution < -0.4 is 5.32 Å². The van der Waals surface area contributed by atoms with E-state index >= 15 is 0 Å². The van der Waals surface area contributed by atoms with E-state index in [0.717, 1.165) is 18.7 Å². The number of nitriles is 1. The van der Waals surface area contributed by atoms with Crippen LogP contribution in [0, 0.1) is 17.2 Å². The van der Waals surface area contributed by atoms with Crippen molar-refractivity contribution in [2.24, 2.45) is 5.92 Å². The van der Waals surface area contributed by atoms with E-state index in [-0.39, 0.29) is 5.82 Å². The molecule has 0 fully saturated rings. The molecule has 0 spiro atoms. The van der Waals surface area contributed by atoms with Crippen LogP contribution in [-0.2, 0) is 6.54 Å². The van der Waals surface area contributed by atoms with Crippen molar-refractivity contribution in [3.8, 4) is 12.0 Å². The third kappa shape index (κ3) is 3.36. The van der Waals surface area contributed by atoms with Gasteiger partial charge in [0.2, 0.25) is 11.8 Å². The van der Waals surface area contributed by atoms with Gasteiger partial charge in [-0.05, 0) is 12.5 Å². The van der Waals surface area contributed by atoms with Gasteiger partial charge in [0.25, 0.3) is 0 Å². The number of aromatic nitrogens is 4. The van der Waals surface area contributed by atoms with Crippen LogP contribution in [0.2, 0.25) is 0 Å². The molecule has 0 aliphatic carbocycles. The molecule has 2 rings (SSSR count). The first-order valence-electron chi connectivity index (χ1n) is 6.16. The van der Waals surface area contributed by atoms with Crippen molar-refractivity contribution in [3.63, 3.8) is 0 Å². The average molecular weight is 256 g/mol. The molecule has 6 heteroatoms. The molecule has 2 heterocycles. The van der Waals surface area contributed by atoms with Crippen LogP contribution in [0.5, 0.6) is 0 Å². The van der Waals surface area contributed by atoms with E-state index < -0.39 is 0 Å². The van der Waals surface area contributed by atoms with E-state index in [1.807, 2.05) is 6.07 Å². The minimum Gasteiger partial charge on any atom is -0.312 e. The molecule has 0 amide bonds. The van der Waals surface area contributed by atoms with E-state index in [1.54, 1.807) is 29.4 Å². The molecule has 0 radical (unpaired) electrons. The van der Waals surface area contributed by atoms with Gasteiger partial charge in [0, 0.05) is 36.9 Å². The molecule has 1 N–H and O–H groups in total. The Labute approximate surface area is 112 Å². The molecule has 0 atom stereocenters. The molecule has 2 aromatic heterocycles. The van der Waals surface area contributed by atoms with Crippen molar-refractivity contribution in [2.45, 2.75) is 20.4 Å². The third-order valence-corrected chi connectivity index (χ3v) is 2.53. The molecule has 6 nitrogen and oxygen atoms in total. The lowest BCUT2D eigenvalue weighted by molar-refractivity contribution is 0.551. The van der Waals surface area contributed by atoms with Gasteiger partial charge in [0.15, 0.2) is 0 Å². The Morgan fingerprint density at radius 2 is 2.05 bits per heavy atom. The summed E-state index contributed by atoms with van der Waals surface area (Å²) in [6.45, 7) is 6.03. The van der Waals surface area contributed by atoms with E-state index in [0.29, 0.717) is 11.9 Å². The smallest absolute Gasteiger partial charge is 0.235 e. The zero-order chi connectivity index (χ0) is 13.7. The number of rotatable bonds is 5. The molecule has 0 unspecified atom stereocenters. The van der Waals surface area contributed by atoms with Gasteiger partial charge in [-0.15, -0.1) is 0 Å². The first-order valence-corrected chi connectivity index (χ1v) is 6.16. The molecular formula is C13H16N6. The molecule has 0 aliphatic heterocycles. The SMILES string of the molecule is CC(C)CNCc1cnc(-n2ccnc2C#N)nc1. The summed E-state index contributed by atoms with van der Waals surface area (Å²) < 4.78 is 1.56. The number of nitrogens with zero attached hydrogens (tertiary/aromatic N) is 5. The Morgan fingerprint density at radius 3 is 2.68 bits per heavy atom. The molecule has 0 saturated carbocycles. The van der Waals surface area contributed by atoms with Gasteiger partial charge < -0.3 is 5.32 Å². The van der Waals surface area contributed by atoms with Gasteiger partial charge in [0.05, 0.1) is 0 Å². The molecule has 19 heavy (non-hydrogen) atoms. The first kappa shape index (κ1) is 13.2. The van der Waals surface area contributed by atoms with Gasteiger partial charge in [-0.2, -0.15) is 5.26 Å². The van der Waals surface area contributed by atoms with Gasteiger partial charge >= 0.3 is 0 Å². The lowest BCUT2D eigenvalue weighted by atomic mass is 10.2. The highest BCUT2D eigenvalue weighted by molar-refractivity contribution is 5.23. The van der Waals surface area contributed by atoms with Crippen molar-refractivity contribution in [3.05, 3.63) is 36.2 Å². The minimum absolute atomic E-state index is 0.283. The van der Waals surface area contributed by atoms with Crippen molar-refractivity contribution in [1.82, 2.24) is 24.8 Å². The summed E-state index contributed by atoms with van der Waals surface area (Å²) >= 11 is 0. The number of nitrogens with one attached hydrogen (secondary N) is 1. The highest BCUT2D eigenvalue weighted by Gasteiger charge is 2.06. The standard InChI is InChI=1S/C13H16N6/c1-10(2)6-15-7-11-8-17-13(18-9-11)19-4-3-16-12(19)5-14/h3-4,8-10,15H,6-7H2,1-2H3. The van der Waals surface area contributed by atoms with Crippen LogP contribution in [0.1, 0.15) is 25.2 Å². The molecular weight excluding hydrogens is 240 g/mol. The predicted octanol–water partition coefficient (Wildman–Crippen LogP) is 1.28. The lowest BCUT2D eigenvalue weighted by Gasteiger charge is -2.07. The summed E-state index contributed by atoms with van der Waals surface area (Å²) in [5.74, 6) is 1.36. The maximum Gasteiger partial charge on any atom is 0.235 e. The average Bonchev–Trinajstić information content (AvgIpc) is 2.87. The second-order valence-corrected chi connectivity index (χ2v) is 4.65. The van der Waals surface area contributed by atoms with E-state index in [1.165, 1.54) is 0 Å². The molecule has 2 aromatic rings. The fraction of sp³-hybridized carbons (Fsp3) is 0.385. The normalized spacial score (nSPS) is 10.6. The van der Waals surface area contributed by atoms with E-state index in [4.69, 9.17) is 5.26 Å². The second kappa shape index (κ2) is 6.07. The predicted molar refractivity (Wildman–Crippen MR) is 70.4 cm³/mol. The van der Waals surface area contributed by atoms with E-state index in [2.05, 4.69) is 34.1 Å². The fourth-order valence-corrected chi connectivity index (χ4v) is 1.62. The fourth-order valence-electron chi connectivity index (χ4n) is 1.62. The zero-order valence-corrected chi connectivity index (χ0v) is 11.0. The van der Waals surface area contributed by atoms with Gasteiger partial charge in [0.1, 0.15) is 6.07 Å². The highest BCUT2D eigenvalue weighted by Crippen LogP contribution is 2.05. The quantitative estimate of drug-likeness (QED) is 0.871. The minimum atomic E-state index is 0.283. The summed E-state index contributed by atoms with van der Waals surface area (Å²) in [5, 5.41) is 12.2. The van der Waals surface area contributed by atoms with Crippen molar-refractivity contribution in [2.75, 3.05) is 6.54 Å². The van der Waals surface area contributed by atoms with Crippen LogP contribution in [-0.4, -0.2) is 26.1 Å². The van der Waals surface area contributed by atoms with Crippen LogP contribution in [0.25, 0.3) is 5.95 Å². The summed E-state index contributed by atoms with van der Waals surface area (Å²) in [7, 11) is 0. The Hall–Kier alpha value is -2.26. The topological polar surface area (TPSA) is 79.4 Å². The Bertz CT molecular complexity index is 564. The molecule has 0 aliphatic rings. The Kier molecular flexibility index (Phi) is 4.21. The highest BCUT2D eigenvalue weighted by atomic mass is 15.2. The van der Waals surface area contributed by atoms with Gasteiger partial charge in [-0.3, -0.25) is 4.57 Å². The molecule has 0 saturated heterocycles. The Morgan fingerprint density at radius 1 is 1.32 bits per heavy atom. The first-order chi connectivity index (χ1) is 9.20. The number of imidazole rings is 1. The zero-order valence-electron chi connectivity index (χ0n) is 11.0. The Balaban J connectivity index is 2.05. The third-order valence-electron chi connectivity index (χ3n) is 2.53. The van der Waals surface area contributed by atoms with Crippen LogP contribution in [0.15, 0.2) is 24.8 Å². The maximum atomic E-state index is 8.89. The monoisotopic (exact) mass is 256 g/mol.